The van der Waals surface area contributed by atoms with Crippen LogP contribution in [-0.2, 0) is 16.1 Å². The fourth-order valence-electron chi connectivity index (χ4n) is 4.60. The van der Waals surface area contributed by atoms with E-state index in [2.05, 4.69) is 5.32 Å². The van der Waals surface area contributed by atoms with Crippen LogP contribution in [0.1, 0.15) is 17.0 Å². The van der Waals surface area contributed by atoms with Crippen molar-refractivity contribution in [2.75, 3.05) is 17.1 Å². The Kier molecular flexibility index (Phi) is 5.77. The van der Waals surface area contributed by atoms with Gasteiger partial charge in [0.25, 0.3) is 5.91 Å². The number of para-hydroxylation sites is 1. The molecule has 0 atom stereocenters. The van der Waals surface area contributed by atoms with Crippen molar-refractivity contribution in [3.05, 3.63) is 82.7 Å². The molecule has 1 saturated heterocycles. The largest absolute Gasteiger partial charge is 0.454 e. The van der Waals surface area contributed by atoms with Gasteiger partial charge < -0.3 is 19.4 Å². The molecule has 0 unspecified atom stereocenters. The molecule has 1 fully saturated rings. The van der Waals surface area contributed by atoms with Crippen molar-refractivity contribution in [3.8, 4) is 11.5 Å². The van der Waals surface area contributed by atoms with Crippen molar-refractivity contribution >= 4 is 62.8 Å². The SMILES string of the molecule is Cc1ccc(C)n1N1C(=O)/C(=C/c2cn(CC(=O)Nc3ccc4c(c3)OCO4)c3ccccc23)SC1=S. The van der Waals surface area contributed by atoms with E-state index in [1.54, 1.807) is 18.2 Å². The topological polar surface area (TPSA) is 77.7 Å². The molecule has 4 heterocycles. The minimum absolute atomic E-state index is 0.103. The zero-order chi connectivity index (χ0) is 25.7. The fourth-order valence-corrected chi connectivity index (χ4v) is 5.83. The molecule has 1 N–H and O–H groups in total. The lowest BCUT2D eigenvalue weighted by molar-refractivity contribution is -0.116. The van der Waals surface area contributed by atoms with Crippen molar-refractivity contribution in [2.45, 2.75) is 20.4 Å². The van der Waals surface area contributed by atoms with Gasteiger partial charge in [-0.05, 0) is 62.5 Å². The van der Waals surface area contributed by atoms with Crippen molar-refractivity contribution in [1.82, 2.24) is 9.24 Å². The molecule has 8 nitrogen and oxygen atoms in total. The number of carbonyl (C=O) groups excluding carboxylic acids is 2. The van der Waals surface area contributed by atoms with E-state index >= 15 is 0 Å². The number of aromatic nitrogens is 2. The molecule has 2 amide bonds. The third-order valence-electron chi connectivity index (χ3n) is 6.28. The fraction of sp³-hybridized carbons (Fsp3) is 0.148. The molecule has 2 aromatic carbocycles. The van der Waals surface area contributed by atoms with Gasteiger partial charge in [-0.1, -0.05) is 30.0 Å². The second-order valence-electron chi connectivity index (χ2n) is 8.77. The predicted molar refractivity (Wildman–Crippen MR) is 148 cm³/mol. The summed E-state index contributed by atoms with van der Waals surface area (Å²) >= 11 is 6.83. The lowest BCUT2D eigenvalue weighted by Gasteiger charge is -2.20. The Morgan fingerprint density at radius 1 is 1.08 bits per heavy atom. The second-order valence-corrected chi connectivity index (χ2v) is 10.4. The van der Waals surface area contributed by atoms with Crippen LogP contribution in [0.2, 0.25) is 0 Å². The summed E-state index contributed by atoms with van der Waals surface area (Å²) in [6.45, 7) is 4.16. The molecule has 2 aliphatic heterocycles. The van der Waals surface area contributed by atoms with Gasteiger partial charge in [-0.15, -0.1) is 0 Å². The molecule has 10 heteroatoms. The molecule has 37 heavy (non-hydrogen) atoms. The van der Waals surface area contributed by atoms with Crippen LogP contribution in [-0.4, -0.2) is 32.2 Å². The number of thioether (sulfide) groups is 1. The highest BCUT2D eigenvalue weighted by Gasteiger charge is 2.35. The number of amides is 2. The number of hydrogen-bond donors (Lipinski definition) is 1. The van der Waals surface area contributed by atoms with Crippen molar-refractivity contribution < 1.29 is 19.1 Å². The van der Waals surface area contributed by atoms with Gasteiger partial charge in [0.05, 0.1) is 4.91 Å². The summed E-state index contributed by atoms with van der Waals surface area (Å²) in [6, 6.07) is 17.0. The molecule has 2 aromatic heterocycles. The first-order chi connectivity index (χ1) is 17.9. The van der Waals surface area contributed by atoms with E-state index in [-0.39, 0.29) is 25.2 Å². The Morgan fingerprint density at radius 3 is 2.65 bits per heavy atom. The summed E-state index contributed by atoms with van der Waals surface area (Å²) in [7, 11) is 0. The molecular formula is C27H22N4O4S2. The van der Waals surface area contributed by atoms with Crippen molar-refractivity contribution in [3.63, 3.8) is 0 Å². The Hall–Kier alpha value is -4.02. The summed E-state index contributed by atoms with van der Waals surface area (Å²) in [6.07, 6.45) is 3.74. The molecule has 0 radical (unpaired) electrons. The predicted octanol–water partition coefficient (Wildman–Crippen LogP) is 4.96. The average molecular weight is 531 g/mol. The number of thiocarbonyl (C=S) groups is 1. The third kappa shape index (κ3) is 4.17. The lowest BCUT2D eigenvalue weighted by Crippen LogP contribution is -2.39. The number of carbonyl (C=O) groups is 2. The number of rotatable bonds is 5. The van der Waals surface area contributed by atoms with Crippen LogP contribution in [0.4, 0.5) is 5.69 Å². The number of anilines is 1. The second kappa shape index (κ2) is 9.13. The maximum Gasteiger partial charge on any atom is 0.285 e. The number of hydrogen-bond acceptors (Lipinski definition) is 6. The normalized spacial score (nSPS) is 15.8. The molecule has 2 aliphatic rings. The summed E-state index contributed by atoms with van der Waals surface area (Å²) in [5.41, 5.74) is 4.22. The van der Waals surface area contributed by atoms with E-state index in [9.17, 15) is 9.59 Å². The molecular weight excluding hydrogens is 508 g/mol. The molecule has 186 valence electrons. The first-order valence-corrected chi connectivity index (χ1v) is 12.8. The van der Waals surface area contributed by atoms with Crippen molar-refractivity contribution in [1.29, 1.82) is 0 Å². The highest BCUT2D eigenvalue weighted by molar-refractivity contribution is 8.27. The highest BCUT2D eigenvalue weighted by Crippen LogP contribution is 2.35. The van der Waals surface area contributed by atoms with E-state index in [1.165, 1.54) is 16.8 Å². The van der Waals surface area contributed by atoms with Gasteiger partial charge in [0.15, 0.2) is 15.8 Å². The van der Waals surface area contributed by atoms with Gasteiger partial charge in [-0.25, -0.2) is 0 Å². The smallest absolute Gasteiger partial charge is 0.285 e. The summed E-state index contributed by atoms with van der Waals surface area (Å²) in [5, 5.41) is 5.39. The van der Waals surface area contributed by atoms with Gasteiger partial charge >= 0.3 is 0 Å². The van der Waals surface area contributed by atoms with E-state index in [4.69, 9.17) is 21.7 Å². The van der Waals surface area contributed by atoms with Crippen molar-refractivity contribution in [2.24, 2.45) is 0 Å². The maximum absolute atomic E-state index is 13.4. The Labute approximate surface area is 222 Å². The standard InChI is InChI=1S/C27H22N4O4S2/c1-16-7-8-17(2)30(16)31-26(33)24(37-27(31)36)11-18-13-29(21-6-4-3-5-20(18)21)14-25(32)28-19-9-10-22-23(12-19)35-15-34-22/h3-13H,14-15H2,1-2H3,(H,28,32)/b24-11-. The number of aryl methyl sites for hydroxylation is 2. The van der Waals surface area contributed by atoms with Crippen LogP contribution < -0.4 is 19.8 Å². The molecule has 0 aliphatic carbocycles. The molecule has 4 aromatic rings. The quantitative estimate of drug-likeness (QED) is 0.290. The van der Waals surface area contributed by atoms with Gasteiger partial charge in [-0.2, -0.15) is 5.01 Å². The molecule has 0 spiro atoms. The average Bonchev–Trinajstić information content (AvgIpc) is 3.62. The maximum atomic E-state index is 13.4. The zero-order valence-corrected chi connectivity index (χ0v) is 21.7. The minimum atomic E-state index is -0.184. The Morgan fingerprint density at radius 2 is 1.84 bits per heavy atom. The number of ether oxygens (including phenoxy) is 2. The van der Waals surface area contributed by atoms with Crippen LogP contribution in [0.5, 0.6) is 11.5 Å². The molecule has 0 bridgehead atoms. The number of fused-ring (bicyclic) bond motifs is 2. The van der Waals surface area contributed by atoms with Crippen LogP contribution in [0.15, 0.2) is 65.7 Å². The van der Waals surface area contributed by atoms with Gasteiger partial charge in [0.1, 0.15) is 6.54 Å². The minimum Gasteiger partial charge on any atom is -0.454 e. The van der Waals surface area contributed by atoms with Crippen LogP contribution in [0.25, 0.3) is 17.0 Å². The van der Waals surface area contributed by atoms with Crippen LogP contribution in [0, 0.1) is 13.8 Å². The number of benzene rings is 2. The number of nitrogens with zero attached hydrogens (tertiary/aromatic N) is 3. The summed E-state index contributed by atoms with van der Waals surface area (Å²) in [5.74, 6) is 0.909. The first-order valence-electron chi connectivity index (χ1n) is 11.6. The van der Waals surface area contributed by atoms with Crippen LogP contribution in [0.3, 0.4) is 0 Å². The third-order valence-corrected chi connectivity index (χ3v) is 7.57. The summed E-state index contributed by atoms with van der Waals surface area (Å²) < 4.78 is 14.9. The molecule has 0 saturated carbocycles. The Bertz CT molecular complexity index is 1620. The van der Waals surface area contributed by atoms with E-state index in [0.717, 1.165) is 27.9 Å². The monoisotopic (exact) mass is 530 g/mol. The van der Waals surface area contributed by atoms with E-state index in [0.29, 0.717) is 26.4 Å². The molecule has 6 rings (SSSR count). The Balaban J connectivity index is 1.28. The van der Waals surface area contributed by atoms with Crippen LogP contribution >= 0.6 is 24.0 Å². The number of nitrogens with one attached hydrogen (secondary N) is 1. The van der Waals surface area contributed by atoms with Gasteiger partial charge in [0.2, 0.25) is 12.7 Å². The highest BCUT2D eigenvalue weighted by atomic mass is 32.2. The van der Waals surface area contributed by atoms with E-state index in [1.807, 2.05) is 71.8 Å². The van der Waals surface area contributed by atoms with Gasteiger partial charge in [-0.3, -0.25) is 14.3 Å². The lowest BCUT2D eigenvalue weighted by atomic mass is 10.1. The van der Waals surface area contributed by atoms with Gasteiger partial charge in [0, 0.05) is 45.8 Å². The first kappa shape index (κ1) is 23.4. The van der Waals surface area contributed by atoms with E-state index < -0.39 is 0 Å². The zero-order valence-electron chi connectivity index (χ0n) is 20.1. The summed E-state index contributed by atoms with van der Waals surface area (Å²) in [4.78, 5) is 26.8.